The minimum atomic E-state index is -0.601. The lowest BCUT2D eigenvalue weighted by molar-refractivity contribution is -0.147. The third kappa shape index (κ3) is 3.48. The van der Waals surface area contributed by atoms with Gasteiger partial charge in [0.2, 0.25) is 5.91 Å². The van der Waals surface area contributed by atoms with Gasteiger partial charge in [-0.15, -0.1) is 0 Å². The van der Waals surface area contributed by atoms with Gasteiger partial charge in [-0.3, -0.25) is 4.79 Å². The Morgan fingerprint density at radius 2 is 2.12 bits per heavy atom. The van der Waals surface area contributed by atoms with Crippen LogP contribution in [0.4, 0.5) is 0 Å². The Morgan fingerprint density at radius 1 is 1.50 bits per heavy atom. The van der Waals surface area contributed by atoms with Crippen molar-refractivity contribution in [1.29, 1.82) is 0 Å². The second-order valence-electron chi connectivity index (χ2n) is 4.43. The molecular weight excluding hydrogens is 208 g/mol. The van der Waals surface area contributed by atoms with Gasteiger partial charge in [-0.2, -0.15) is 0 Å². The minimum absolute atomic E-state index is 0.178. The summed E-state index contributed by atoms with van der Waals surface area (Å²) in [6.07, 6.45) is 3.14. The number of hydrogen-bond acceptors (Lipinski definition) is 4. The molecule has 1 amide bonds. The molecule has 16 heavy (non-hydrogen) atoms. The molecule has 92 valence electrons. The van der Waals surface area contributed by atoms with Gasteiger partial charge >= 0.3 is 5.97 Å². The number of carbonyl (C=O) groups is 2. The summed E-state index contributed by atoms with van der Waals surface area (Å²) >= 11 is 0. The molecular formula is C11H20N2O3. The number of nitrogens with two attached hydrogens (primary N) is 1. The second kappa shape index (κ2) is 5.30. The first-order chi connectivity index (χ1) is 7.47. The van der Waals surface area contributed by atoms with E-state index >= 15 is 0 Å². The van der Waals surface area contributed by atoms with E-state index < -0.39 is 12.0 Å². The molecule has 5 heteroatoms. The lowest BCUT2D eigenvalue weighted by Gasteiger charge is -2.37. The number of carbonyl (C=O) groups excluding carboxylic acids is 2. The van der Waals surface area contributed by atoms with Gasteiger partial charge in [0.1, 0.15) is 6.04 Å². The van der Waals surface area contributed by atoms with E-state index in [2.05, 4.69) is 5.32 Å². The fourth-order valence-electron chi connectivity index (χ4n) is 1.75. The highest BCUT2D eigenvalue weighted by Gasteiger charge is 2.35. The summed E-state index contributed by atoms with van der Waals surface area (Å²) in [4.78, 5) is 22.8. The van der Waals surface area contributed by atoms with E-state index in [0.29, 0.717) is 6.61 Å². The van der Waals surface area contributed by atoms with E-state index in [1.54, 1.807) is 13.8 Å². The molecule has 1 atom stereocenters. The van der Waals surface area contributed by atoms with Gasteiger partial charge in [0.15, 0.2) is 0 Å². The Morgan fingerprint density at radius 3 is 2.56 bits per heavy atom. The smallest absolute Gasteiger partial charge is 0.328 e. The number of nitrogens with one attached hydrogen (secondary N) is 1. The summed E-state index contributed by atoms with van der Waals surface area (Å²) in [7, 11) is 0. The zero-order valence-electron chi connectivity index (χ0n) is 9.91. The standard InChI is InChI=1S/C11H20N2O3/c1-3-16-10(15)8(2)13-9(14)7-11(12)5-4-6-11/h8H,3-7,12H2,1-2H3,(H,13,14). The monoisotopic (exact) mass is 228 g/mol. The first kappa shape index (κ1) is 13.0. The highest BCUT2D eigenvalue weighted by Crippen LogP contribution is 2.31. The van der Waals surface area contributed by atoms with Crippen LogP contribution in [0.2, 0.25) is 0 Å². The van der Waals surface area contributed by atoms with Crippen LogP contribution in [0.5, 0.6) is 0 Å². The molecule has 0 aliphatic heterocycles. The van der Waals surface area contributed by atoms with Crippen molar-refractivity contribution in [1.82, 2.24) is 5.32 Å². The number of esters is 1. The molecule has 1 aliphatic carbocycles. The first-order valence-corrected chi connectivity index (χ1v) is 5.72. The molecule has 5 nitrogen and oxygen atoms in total. The third-order valence-corrected chi connectivity index (χ3v) is 2.88. The number of hydrogen-bond donors (Lipinski definition) is 2. The molecule has 1 aliphatic rings. The number of ether oxygens (including phenoxy) is 1. The van der Waals surface area contributed by atoms with Gasteiger partial charge in [-0.05, 0) is 33.1 Å². The zero-order chi connectivity index (χ0) is 12.2. The largest absolute Gasteiger partial charge is 0.464 e. The van der Waals surface area contributed by atoms with Crippen molar-refractivity contribution in [2.24, 2.45) is 5.73 Å². The van der Waals surface area contributed by atoms with Crippen LogP contribution in [0.25, 0.3) is 0 Å². The van der Waals surface area contributed by atoms with Crippen molar-refractivity contribution >= 4 is 11.9 Å². The van der Waals surface area contributed by atoms with Gasteiger partial charge in [-0.25, -0.2) is 4.79 Å². The molecule has 3 N–H and O–H groups in total. The minimum Gasteiger partial charge on any atom is -0.464 e. The number of rotatable bonds is 5. The maximum Gasteiger partial charge on any atom is 0.328 e. The van der Waals surface area contributed by atoms with Crippen molar-refractivity contribution in [2.75, 3.05) is 6.61 Å². The van der Waals surface area contributed by atoms with E-state index in [-0.39, 0.29) is 17.9 Å². The summed E-state index contributed by atoms with van der Waals surface area (Å²) in [5.74, 6) is -0.585. The van der Waals surface area contributed by atoms with E-state index in [9.17, 15) is 9.59 Å². The third-order valence-electron chi connectivity index (χ3n) is 2.88. The van der Waals surface area contributed by atoms with E-state index in [1.165, 1.54) is 0 Å². The van der Waals surface area contributed by atoms with Crippen LogP contribution >= 0.6 is 0 Å². The molecule has 0 aromatic heterocycles. The lowest BCUT2D eigenvalue weighted by Crippen LogP contribution is -2.51. The van der Waals surface area contributed by atoms with Crippen LogP contribution in [0.1, 0.15) is 39.5 Å². The molecule has 0 bridgehead atoms. The Kier molecular flexibility index (Phi) is 4.29. The fourth-order valence-corrected chi connectivity index (χ4v) is 1.75. The summed E-state index contributed by atoms with van der Waals surface area (Å²) in [5.41, 5.74) is 5.59. The van der Waals surface area contributed by atoms with Crippen molar-refractivity contribution in [3.63, 3.8) is 0 Å². The van der Waals surface area contributed by atoms with Crippen LogP contribution < -0.4 is 11.1 Å². The van der Waals surface area contributed by atoms with Crippen LogP contribution in [0.15, 0.2) is 0 Å². The molecule has 1 unspecified atom stereocenters. The van der Waals surface area contributed by atoms with Crippen molar-refractivity contribution in [3.8, 4) is 0 Å². The maximum atomic E-state index is 11.6. The fraction of sp³-hybridized carbons (Fsp3) is 0.818. The SMILES string of the molecule is CCOC(=O)C(C)NC(=O)CC1(N)CCC1. The summed E-state index contributed by atoms with van der Waals surface area (Å²) < 4.78 is 4.79. The lowest BCUT2D eigenvalue weighted by atomic mass is 9.75. The van der Waals surface area contributed by atoms with Crippen LogP contribution in [0.3, 0.4) is 0 Å². The highest BCUT2D eigenvalue weighted by atomic mass is 16.5. The Labute approximate surface area is 95.7 Å². The average molecular weight is 228 g/mol. The summed E-state index contributed by atoms with van der Waals surface area (Å²) in [5, 5.41) is 2.60. The maximum absolute atomic E-state index is 11.6. The molecule has 0 saturated heterocycles. The second-order valence-corrected chi connectivity index (χ2v) is 4.43. The van der Waals surface area contributed by atoms with Crippen LogP contribution in [0, 0.1) is 0 Å². The highest BCUT2D eigenvalue weighted by molar-refractivity contribution is 5.84. The van der Waals surface area contributed by atoms with Gasteiger partial charge in [0, 0.05) is 12.0 Å². The van der Waals surface area contributed by atoms with Crippen LogP contribution in [-0.4, -0.2) is 30.1 Å². The van der Waals surface area contributed by atoms with E-state index in [0.717, 1.165) is 19.3 Å². The Hall–Kier alpha value is -1.10. The van der Waals surface area contributed by atoms with Crippen LogP contribution in [-0.2, 0) is 14.3 Å². The first-order valence-electron chi connectivity index (χ1n) is 5.72. The quantitative estimate of drug-likeness (QED) is 0.664. The van der Waals surface area contributed by atoms with Crippen molar-refractivity contribution < 1.29 is 14.3 Å². The topological polar surface area (TPSA) is 81.4 Å². The normalized spacial score (nSPS) is 19.4. The molecule has 0 heterocycles. The summed E-state index contributed by atoms with van der Waals surface area (Å²) in [6, 6.07) is -0.601. The van der Waals surface area contributed by atoms with Gasteiger partial charge in [0.05, 0.1) is 6.61 Å². The molecule has 0 radical (unpaired) electrons. The van der Waals surface area contributed by atoms with Gasteiger partial charge in [-0.1, -0.05) is 0 Å². The Balaban J connectivity index is 2.30. The predicted molar refractivity (Wildman–Crippen MR) is 59.6 cm³/mol. The van der Waals surface area contributed by atoms with Gasteiger partial charge in [0.25, 0.3) is 0 Å². The molecule has 1 rings (SSSR count). The van der Waals surface area contributed by atoms with Crippen molar-refractivity contribution in [2.45, 2.75) is 51.1 Å². The average Bonchev–Trinajstić information content (AvgIpc) is 2.15. The van der Waals surface area contributed by atoms with E-state index in [4.69, 9.17) is 10.5 Å². The number of amides is 1. The summed E-state index contributed by atoms with van der Waals surface area (Å²) in [6.45, 7) is 3.66. The molecule has 1 saturated carbocycles. The predicted octanol–water partition coefficient (Wildman–Crippen LogP) is 0.326. The van der Waals surface area contributed by atoms with E-state index in [1.807, 2.05) is 0 Å². The van der Waals surface area contributed by atoms with Crippen molar-refractivity contribution in [3.05, 3.63) is 0 Å². The molecule has 0 spiro atoms. The molecule has 0 aromatic rings. The molecule has 0 aromatic carbocycles. The zero-order valence-corrected chi connectivity index (χ0v) is 9.91. The van der Waals surface area contributed by atoms with Gasteiger partial charge < -0.3 is 15.8 Å². The molecule has 1 fully saturated rings. The Bertz CT molecular complexity index is 274.